The van der Waals surface area contributed by atoms with Crippen LogP contribution in [0, 0.1) is 0 Å². The lowest BCUT2D eigenvalue weighted by atomic mass is 10.1. The molecule has 3 N–H and O–H groups in total. The number of nitrogens with two attached hydrogens (primary N) is 1. The number of hydrogen-bond acceptors (Lipinski definition) is 3. The molecule has 3 heteroatoms. The van der Waals surface area contributed by atoms with Gasteiger partial charge in [-0.15, -0.1) is 0 Å². The molecule has 0 aliphatic rings. The molecule has 1 atom stereocenters. The van der Waals surface area contributed by atoms with Crippen LogP contribution in [0.4, 0.5) is 0 Å². The molecule has 0 unspecified atom stereocenters. The molecule has 0 bridgehead atoms. The van der Waals surface area contributed by atoms with Gasteiger partial charge in [-0.1, -0.05) is 24.3 Å². The molecular formula is C15H17NO2. The maximum atomic E-state index is 9.18. The Morgan fingerprint density at radius 2 is 1.89 bits per heavy atom. The fraction of sp³-hybridized carbons (Fsp3) is 0.200. The Morgan fingerprint density at radius 3 is 2.56 bits per heavy atom. The fourth-order valence-electron chi connectivity index (χ4n) is 1.65. The standard InChI is InChI=1S/C15H17NO2/c1-11(16)13-3-2-4-15(9-13)18-10-12-5-7-14(17)8-6-12/h2-9,11,17H,10,16H2,1H3/t11-/m0/s1. The van der Waals surface area contributed by atoms with Crippen LogP contribution in [0.2, 0.25) is 0 Å². The van der Waals surface area contributed by atoms with Gasteiger partial charge >= 0.3 is 0 Å². The maximum Gasteiger partial charge on any atom is 0.120 e. The van der Waals surface area contributed by atoms with Crippen molar-refractivity contribution in [1.29, 1.82) is 0 Å². The van der Waals surface area contributed by atoms with Crippen LogP contribution in [-0.2, 0) is 6.61 Å². The molecule has 2 aromatic rings. The van der Waals surface area contributed by atoms with E-state index >= 15 is 0 Å². The zero-order chi connectivity index (χ0) is 13.0. The second kappa shape index (κ2) is 5.56. The van der Waals surface area contributed by atoms with Gasteiger partial charge in [0.1, 0.15) is 18.1 Å². The van der Waals surface area contributed by atoms with E-state index < -0.39 is 0 Å². The average molecular weight is 243 g/mol. The molecule has 0 aromatic heterocycles. The van der Waals surface area contributed by atoms with Gasteiger partial charge in [0.15, 0.2) is 0 Å². The summed E-state index contributed by atoms with van der Waals surface area (Å²) in [7, 11) is 0. The van der Waals surface area contributed by atoms with Gasteiger partial charge in [-0.05, 0) is 42.3 Å². The SMILES string of the molecule is C[C@H](N)c1cccc(OCc2ccc(O)cc2)c1. The monoisotopic (exact) mass is 243 g/mol. The van der Waals surface area contributed by atoms with Gasteiger partial charge < -0.3 is 15.6 Å². The molecular weight excluding hydrogens is 226 g/mol. The molecule has 0 saturated carbocycles. The van der Waals surface area contributed by atoms with E-state index in [9.17, 15) is 5.11 Å². The summed E-state index contributed by atoms with van der Waals surface area (Å²) in [6.45, 7) is 2.42. The highest BCUT2D eigenvalue weighted by molar-refractivity contribution is 5.31. The minimum Gasteiger partial charge on any atom is -0.508 e. The zero-order valence-corrected chi connectivity index (χ0v) is 10.3. The van der Waals surface area contributed by atoms with E-state index in [4.69, 9.17) is 10.5 Å². The van der Waals surface area contributed by atoms with Crippen LogP contribution in [-0.4, -0.2) is 5.11 Å². The number of hydrogen-bond donors (Lipinski definition) is 2. The van der Waals surface area contributed by atoms with E-state index in [1.807, 2.05) is 43.3 Å². The number of benzene rings is 2. The van der Waals surface area contributed by atoms with Crippen molar-refractivity contribution < 1.29 is 9.84 Å². The lowest BCUT2D eigenvalue weighted by Crippen LogP contribution is -2.05. The first-order valence-corrected chi connectivity index (χ1v) is 5.91. The summed E-state index contributed by atoms with van der Waals surface area (Å²) >= 11 is 0. The molecule has 18 heavy (non-hydrogen) atoms. The molecule has 2 rings (SSSR count). The summed E-state index contributed by atoms with van der Waals surface area (Å²) < 4.78 is 5.69. The lowest BCUT2D eigenvalue weighted by Gasteiger charge is -2.10. The largest absolute Gasteiger partial charge is 0.508 e. The van der Waals surface area contributed by atoms with E-state index in [-0.39, 0.29) is 11.8 Å². The fourth-order valence-corrected chi connectivity index (χ4v) is 1.65. The van der Waals surface area contributed by atoms with Gasteiger partial charge in [0, 0.05) is 6.04 Å². The molecule has 0 aliphatic carbocycles. The van der Waals surface area contributed by atoms with Crippen LogP contribution in [0.3, 0.4) is 0 Å². The second-order valence-corrected chi connectivity index (χ2v) is 4.32. The number of ether oxygens (including phenoxy) is 1. The zero-order valence-electron chi connectivity index (χ0n) is 10.3. The Hall–Kier alpha value is -2.00. The van der Waals surface area contributed by atoms with Crippen molar-refractivity contribution in [2.75, 3.05) is 0 Å². The van der Waals surface area contributed by atoms with Crippen molar-refractivity contribution in [1.82, 2.24) is 0 Å². The molecule has 2 aromatic carbocycles. The highest BCUT2D eigenvalue weighted by atomic mass is 16.5. The molecule has 0 heterocycles. The van der Waals surface area contributed by atoms with Crippen molar-refractivity contribution in [3.05, 3.63) is 59.7 Å². The molecule has 0 spiro atoms. The topological polar surface area (TPSA) is 55.5 Å². The number of phenols is 1. The molecule has 0 fully saturated rings. The quantitative estimate of drug-likeness (QED) is 0.868. The van der Waals surface area contributed by atoms with E-state index in [2.05, 4.69) is 0 Å². The molecule has 0 saturated heterocycles. The molecule has 0 aliphatic heterocycles. The van der Waals surface area contributed by atoms with Gasteiger partial charge in [-0.2, -0.15) is 0 Å². The molecule has 0 amide bonds. The molecule has 94 valence electrons. The lowest BCUT2D eigenvalue weighted by molar-refractivity contribution is 0.305. The van der Waals surface area contributed by atoms with Gasteiger partial charge in [0.2, 0.25) is 0 Å². The third kappa shape index (κ3) is 3.25. The summed E-state index contributed by atoms with van der Waals surface area (Å²) in [6, 6.07) is 14.8. The van der Waals surface area contributed by atoms with Crippen molar-refractivity contribution in [2.45, 2.75) is 19.6 Å². The Kier molecular flexibility index (Phi) is 3.85. The van der Waals surface area contributed by atoms with E-state index in [1.54, 1.807) is 12.1 Å². The van der Waals surface area contributed by atoms with Crippen LogP contribution in [0.25, 0.3) is 0 Å². The smallest absolute Gasteiger partial charge is 0.120 e. The van der Waals surface area contributed by atoms with Gasteiger partial charge in [-0.25, -0.2) is 0 Å². The van der Waals surface area contributed by atoms with Crippen LogP contribution in [0.15, 0.2) is 48.5 Å². The summed E-state index contributed by atoms with van der Waals surface area (Å²) in [4.78, 5) is 0. The Bertz CT molecular complexity index is 506. The normalized spacial score (nSPS) is 12.1. The Labute approximate surface area is 107 Å². The van der Waals surface area contributed by atoms with Crippen LogP contribution >= 0.6 is 0 Å². The summed E-state index contributed by atoms with van der Waals surface area (Å²) in [5.41, 5.74) is 7.89. The third-order valence-corrected chi connectivity index (χ3v) is 2.73. The first kappa shape index (κ1) is 12.5. The van der Waals surface area contributed by atoms with Gasteiger partial charge in [0.05, 0.1) is 0 Å². The minimum atomic E-state index is 0.00206. The van der Waals surface area contributed by atoms with E-state index in [0.29, 0.717) is 6.61 Å². The van der Waals surface area contributed by atoms with Crippen molar-refractivity contribution in [3.63, 3.8) is 0 Å². The predicted molar refractivity (Wildman–Crippen MR) is 71.5 cm³/mol. The van der Waals surface area contributed by atoms with Crippen LogP contribution in [0.5, 0.6) is 11.5 Å². The van der Waals surface area contributed by atoms with E-state index in [1.165, 1.54) is 0 Å². The number of phenolic OH excluding ortho intramolecular Hbond substituents is 1. The predicted octanol–water partition coefficient (Wildman–Crippen LogP) is 2.99. The van der Waals surface area contributed by atoms with Crippen molar-refractivity contribution in [2.24, 2.45) is 5.73 Å². The third-order valence-electron chi connectivity index (χ3n) is 2.73. The first-order valence-electron chi connectivity index (χ1n) is 5.91. The molecule has 0 radical (unpaired) electrons. The first-order chi connectivity index (χ1) is 8.65. The maximum absolute atomic E-state index is 9.18. The highest BCUT2D eigenvalue weighted by Crippen LogP contribution is 2.19. The summed E-state index contributed by atoms with van der Waals surface area (Å²) in [6.07, 6.45) is 0. The Morgan fingerprint density at radius 1 is 1.17 bits per heavy atom. The van der Waals surface area contributed by atoms with Crippen molar-refractivity contribution in [3.8, 4) is 11.5 Å². The van der Waals surface area contributed by atoms with Crippen LogP contribution < -0.4 is 10.5 Å². The van der Waals surface area contributed by atoms with Crippen molar-refractivity contribution >= 4 is 0 Å². The number of aromatic hydroxyl groups is 1. The second-order valence-electron chi connectivity index (χ2n) is 4.32. The highest BCUT2D eigenvalue weighted by Gasteiger charge is 2.01. The summed E-state index contributed by atoms with van der Waals surface area (Å²) in [5, 5.41) is 9.18. The average Bonchev–Trinajstić information content (AvgIpc) is 2.38. The van der Waals surface area contributed by atoms with Gasteiger partial charge in [-0.3, -0.25) is 0 Å². The Balaban J connectivity index is 2.01. The van der Waals surface area contributed by atoms with E-state index in [0.717, 1.165) is 16.9 Å². The van der Waals surface area contributed by atoms with Crippen LogP contribution in [0.1, 0.15) is 24.1 Å². The van der Waals surface area contributed by atoms with Gasteiger partial charge in [0.25, 0.3) is 0 Å². The number of rotatable bonds is 4. The molecule has 3 nitrogen and oxygen atoms in total. The minimum absolute atomic E-state index is 0.00206. The summed E-state index contributed by atoms with van der Waals surface area (Å²) in [5.74, 6) is 1.07.